The summed E-state index contributed by atoms with van der Waals surface area (Å²) in [4.78, 5) is 17.5. The smallest absolute Gasteiger partial charge is 0.335 e. The van der Waals surface area contributed by atoms with Gasteiger partial charge in [-0.2, -0.15) is 0 Å². The van der Waals surface area contributed by atoms with Crippen molar-refractivity contribution in [3.63, 3.8) is 0 Å². The Morgan fingerprint density at radius 1 is 1.17 bits per heavy atom. The van der Waals surface area contributed by atoms with Crippen molar-refractivity contribution in [3.05, 3.63) is 101 Å². The molecule has 5 nitrogen and oxygen atoms in total. The van der Waals surface area contributed by atoms with Crippen LogP contribution in [0.3, 0.4) is 0 Å². The van der Waals surface area contributed by atoms with E-state index in [1.807, 2.05) is 18.3 Å². The third-order valence-electron chi connectivity index (χ3n) is 7.79. The number of hydrogen-bond acceptors (Lipinski definition) is 3. The molecule has 1 saturated heterocycles. The number of carbonyl (C=O) groups is 1. The van der Waals surface area contributed by atoms with Gasteiger partial charge >= 0.3 is 5.97 Å². The normalized spacial score (nSPS) is 20.8. The van der Waals surface area contributed by atoms with Crippen molar-refractivity contribution >= 4 is 27.1 Å². The number of H-pyrrole nitrogens is 1. The highest BCUT2D eigenvalue weighted by Crippen LogP contribution is 2.44. The topological polar surface area (TPSA) is 65.6 Å². The van der Waals surface area contributed by atoms with Crippen molar-refractivity contribution in [1.82, 2.24) is 9.88 Å². The number of carboxylic acids is 1. The van der Waals surface area contributed by atoms with Gasteiger partial charge in [0.1, 0.15) is 5.75 Å². The molecule has 0 radical (unpaired) electrons. The van der Waals surface area contributed by atoms with Crippen molar-refractivity contribution in [1.29, 1.82) is 0 Å². The average molecular weight is 485 g/mol. The summed E-state index contributed by atoms with van der Waals surface area (Å²) in [5, 5.41) is 10.5. The number of aromatic amines is 1. The van der Waals surface area contributed by atoms with E-state index in [4.69, 9.17) is 4.74 Å². The van der Waals surface area contributed by atoms with E-state index in [9.17, 15) is 9.90 Å². The molecule has 2 N–H and O–H groups in total. The Labute approximate surface area is 209 Å². The fourth-order valence-corrected chi connectivity index (χ4v) is 6.98. The Bertz CT molecular complexity index is 1350. The zero-order chi connectivity index (χ0) is 24.6. The third kappa shape index (κ3) is 4.28. The lowest BCUT2D eigenvalue weighted by Gasteiger charge is -2.49. The minimum atomic E-state index is -0.888. The van der Waals surface area contributed by atoms with Crippen molar-refractivity contribution in [2.45, 2.75) is 37.4 Å². The molecule has 1 aromatic heterocycles. The number of rotatable bonds is 6. The molecular formula is C29H32N2O3Si. The van der Waals surface area contributed by atoms with E-state index in [2.05, 4.69) is 59.3 Å². The first kappa shape index (κ1) is 23.4. The van der Waals surface area contributed by atoms with Gasteiger partial charge in [0.05, 0.1) is 12.7 Å². The van der Waals surface area contributed by atoms with Crippen molar-refractivity contribution in [2.75, 3.05) is 13.7 Å². The van der Waals surface area contributed by atoms with E-state index in [0.717, 1.165) is 47.4 Å². The highest BCUT2D eigenvalue weighted by molar-refractivity contribution is 6.15. The summed E-state index contributed by atoms with van der Waals surface area (Å²) >= 11 is 0. The van der Waals surface area contributed by atoms with E-state index >= 15 is 0 Å². The molecular weight excluding hydrogens is 452 g/mol. The molecule has 6 heteroatoms. The molecule has 0 amide bonds. The first-order chi connectivity index (χ1) is 16.9. The first-order valence-corrected chi connectivity index (χ1v) is 13.2. The molecule has 3 aromatic carbocycles. The zero-order valence-electron chi connectivity index (χ0n) is 20.5. The van der Waals surface area contributed by atoms with Crippen LogP contribution in [-0.2, 0) is 11.7 Å². The van der Waals surface area contributed by atoms with Gasteiger partial charge in [-0.25, -0.2) is 4.79 Å². The van der Waals surface area contributed by atoms with E-state index in [0.29, 0.717) is 11.5 Å². The van der Waals surface area contributed by atoms with Gasteiger partial charge in [0.15, 0.2) is 0 Å². The van der Waals surface area contributed by atoms with Gasteiger partial charge in [-0.1, -0.05) is 42.5 Å². The Hall–Kier alpha value is -3.35. The average Bonchev–Trinajstić information content (AvgIpc) is 3.38. The number of likely N-dealkylation sites (tertiary alicyclic amines) is 1. The second kappa shape index (κ2) is 9.36. The molecule has 0 aliphatic carbocycles. The van der Waals surface area contributed by atoms with Crippen LogP contribution in [0.4, 0.5) is 0 Å². The summed E-state index contributed by atoms with van der Waals surface area (Å²) in [7, 11) is 2.66. The summed E-state index contributed by atoms with van der Waals surface area (Å²) in [5.74, 6) is 0.502. The number of nitrogens with one attached hydrogen (secondary N) is 1. The van der Waals surface area contributed by atoms with Crippen LogP contribution in [0.1, 0.15) is 51.4 Å². The Balaban J connectivity index is 1.57. The van der Waals surface area contributed by atoms with Gasteiger partial charge in [0, 0.05) is 44.6 Å². The number of methoxy groups -OCH3 is 1. The molecule has 4 aromatic rings. The van der Waals surface area contributed by atoms with Gasteiger partial charge < -0.3 is 14.8 Å². The molecule has 0 spiro atoms. The number of hydrogen-bond donors (Lipinski definition) is 2. The van der Waals surface area contributed by atoms with Gasteiger partial charge in [-0.15, -0.1) is 0 Å². The molecule has 1 aliphatic rings. The maximum atomic E-state index is 11.5. The fourth-order valence-electron chi connectivity index (χ4n) is 5.78. The maximum absolute atomic E-state index is 11.5. The summed E-state index contributed by atoms with van der Waals surface area (Å²) in [6.07, 6.45) is 4.10. The lowest BCUT2D eigenvalue weighted by Crippen LogP contribution is -2.51. The predicted octanol–water partition coefficient (Wildman–Crippen LogP) is 4.78. The quantitative estimate of drug-likeness (QED) is 0.387. The Morgan fingerprint density at radius 2 is 1.91 bits per heavy atom. The number of benzene rings is 3. The molecule has 2 heterocycles. The minimum Gasteiger partial charge on any atom is -0.496 e. The van der Waals surface area contributed by atoms with E-state index < -0.39 is 5.97 Å². The van der Waals surface area contributed by atoms with Crippen LogP contribution in [0.25, 0.3) is 10.9 Å². The standard InChI is InChI=1S/C29H32N2O3Si/c1-19-16-26(34-2)25(24-12-14-30-27(19)24)18-31-15-13-22(20-6-4-3-5-7-20)17-29(31,35)23-10-8-21(9-11-23)28(32)33/h3-12,14,16,22,30H,13,15,17-18H2,1-2,35H3,(H,32,33)/t22-,29+/m1/s1. The van der Waals surface area contributed by atoms with Gasteiger partial charge in [-0.05, 0) is 73.2 Å². The van der Waals surface area contributed by atoms with Crippen LogP contribution >= 0.6 is 0 Å². The number of fused-ring (bicyclic) bond motifs is 1. The van der Waals surface area contributed by atoms with Crippen LogP contribution < -0.4 is 4.74 Å². The first-order valence-electron chi connectivity index (χ1n) is 12.2. The lowest BCUT2D eigenvalue weighted by atomic mass is 9.81. The Kier molecular flexibility index (Phi) is 6.26. The van der Waals surface area contributed by atoms with Crippen molar-refractivity contribution in [2.24, 2.45) is 0 Å². The zero-order valence-corrected chi connectivity index (χ0v) is 22.5. The molecule has 0 saturated carbocycles. The molecule has 1 fully saturated rings. The lowest BCUT2D eigenvalue weighted by molar-refractivity contribution is 0.0696. The predicted molar refractivity (Wildman–Crippen MR) is 143 cm³/mol. The number of ether oxygens (including phenoxy) is 1. The molecule has 0 unspecified atom stereocenters. The third-order valence-corrected chi connectivity index (χ3v) is 9.41. The highest BCUT2D eigenvalue weighted by atomic mass is 28.1. The Morgan fingerprint density at radius 3 is 2.60 bits per heavy atom. The number of aryl methyl sites for hydroxylation is 1. The number of piperidine rings is 1. The van der Waals surface area contributed by atoms with Crippen LogP contribution in [0.5, 0.6) is 5.75 Å². The van der Waals surface area contributed by atoms with Crippen molar-refractivity contribution in [3.8, 4) is 5.75 Å². The number of aromatic carboxylic acids is 1. The maximum Gasteiger partial charge on any atom is 0.335 e. The summed E-state index contributed by atoms with van der Waals surface area (Å²) in [6, 6.07) is 22.6. The molecule has 35 heavy (non-hydrogen) atoms. The van der Waals surface area contributed by atoms with E-state index in [-0.39, 0.29) is 5.16 Å². The molecule has 5 rings (SSSR count). The van der Waals surface area contributed by atoms with Crippen LogP contribution in [0.2, 0.25) is 0 Å². The molecule has 1 aliphatic heterocycles. The summed E-state index contributed by atoms with van der Waals surface area (Å²) in [6.45, 7) is 3.85. The number of nitrogens with zero attached hydrogens (tertiary/aromatic N) is 1. The summed E-state index contributed by atoms with van der Waals surface area (Å²) < 4.78 is 5.86. The largest absolute Gasteiger partial charge is 0.496 e. The second-order valence-corrected chi connectivity index (χ2v) is 11.5. The fraction of sp³-hybridized carbons (Fsp3) is 0.276. The van der Waals surface area contributed by atoms with Crippen molar-refractivity contribution < 1.29 is 14.6 Å². The molecule has 180 valence electrons. The van der Waals surface area contributed by atoms with Gasteiger partial charge in [0.25, 0.3) is 0 Å². The minimum absolute atomic E-state index is 0.131. The van der Waals surface area contributed by atoms with Crippen LogP contribution in [-0.4, -0.2) is 44.9 Å². The second-order valence-electron chi connectivity index (χ2n) is 9.82. The van der Waals surface area contributed by atoms with Crippen LogP contribution in [0, 0.1) is 6.92 Å². The van der Waals surface area contributed by atoms with Gasteiger partial charge in [0.2, 0.25) is 0 Å². The highest BCUT2D eigenvalue weighted by Gasteiger charge is 2.40. The van der Waals surface area contributed by atoms with Gasteiger partial charge in [-0.3, -0.25) is 4.90 Å². The summed E-state index contributed by atoms with van der Waals surface area (Å²) in [5.41, 5.74) is 6.45. The van der Waals surface area contributed by atoms with E-state index in [1.54, 1.807) is 19.2 Å². The number of carboxylic acid groups (broad SMARTS) is 1. The molecule has 0 bridgehead atoms. The SMILES string of the molecule is COc1cc(C)c2[nH]ccc2c1CN1CC[C@@H](c2ccccc2)C[C@]1([SiH3])c1ccc(C(=O)O)cc1. The van der Waals surface area contributed by atoms with E-state index in [1.165, 1.54) is 27.6 Å². The molecule has 2 atom stereocenters. The number of aromatic nitrogens is 1. The van der Waals surface area contributed by atoms with Crippen LogP contribution in [0.15, 0.2) is 72.9 Å². The monoisotopic (exact) mass is 484 g/mol.